The minimum absolute atomic E-state index is 0.00624. The number of aryl methyl sites for hydroxylation is 1. The first kappa shape index (κ1) is 19.0. The van der Waals surface area contributed by atoms with Crippen LogP contribution in [0.15, 0.2) is 77.7 Å². The summed E-state index contributed by atoms with van der Waals surface area (Å²) in [5.41, 5.74) is 4.49. The molecule has 0 radical (unpaired) electrons. The predicted octanol–water partition coefficient (Wildman–Crippen LogP) is 6.04. The van der Waals surface area contributed by atoms with Gasteiger partial charge in [0, 0.05) is 29.2 Å². The molecule has 4 aromatic rings. The number of hydrogen-bond acceptors (Lipinski definition) is 2. The fraction of sp³-hybridized carbons (Fsp3) is 0.0800. The van der Waals surface area contributed by atoms with Gasteiger partial charge in [0.25, 0.3) is 0 Å². The summed E-state index contributed by atoms with van der Waals surface area (Å²) in [6, 6.07) is 21.3. The van der Waals surface area contributed by atoms with Crippen LogP contribution in [0.5, 0.6) is 5.75 Å². The topological polar surface area (TPSA) is 31.2 Å². The molecular weight excluding hydrogens is 382 g/mol. The molecule has 0 bridgehead atoms. The molecule has 0 spiro atoms. The number of rotatable bonds is 4. The second-order valence-electron chi connectivity index (χ2n) is 6.87. The molecule has 4 rings (SSSR count). The lowest BCUT2D eigenvalue weighted by Gasteiger charge is -2.10. The number of pyridine rings is 1. The molecule has 0 aliphatic heterocycles. The largest absolute Gasteiger partial charge is 0.497 e. The second kappa shape index (κ2) is 7.98. The lowest BCUT2D eigenvalue weighted by Crippen LogP contribution is -2.10. The molecule has 3 aromatic carbocycles. The molecule has 0 saturated carbocycles. The zero-order valence-corrected chi connectivity index (χ0v) is 17.0. The average molecular weight is 402 g/mol. The van der Waals surface area contributed by atoms with E-state index < -0.39 is 0 Å². The third-order valence-corrected chi connectivity index (χ3v) is 5.18. The highest BCUT2D eigenvalue weighted by molar-refractivity contribution is 6.30. The highest BCUT2D eigenvalue weighted by Crippen LogP contribution is 2.25. The molecule has 144 valence electrons. The maximum atomic E-state index is 13.1. The van der Waals surface area contributed by atoms with Crippen LogP contribution in [-0.2, 0) is 7.05 Å². The molecule has 1 heterocycles. The van der Waals surface area contributed by atoms with Crippen molar-refractivity contribution in [2.45, 2.75) is 0 Å². The molecule has 0 aliphatic carbocycles. The van der Waals surface area contributed by atoms with Crippen LogP contribution < -0.4 is 10.2 Å². The van der Waals surface area contributed by atoms with Gasteiger partial charge >= 0.3 is 0 Å². The fourth-order valence-corrected chi connectivity index (χ4v) is 3.58. The predicted molar refractivity (Wildman–Crippen MR) is 122 cm³/mol. The molecule has 3 nitrogen and oxygen atoms in total. The molecule has 0 N–H and O–H groups in total. The van der Waals surface area contributed by atoms with E-state index in [9.17, 15) is 4.79 Å². The fourth-order valence-electron chi connectivity index (χ4n) is 3.39. The van der Waals surface area contributed by atoms with E-state index in [-0.39, 0.29) is 5.43 Å². The van der Waals surface area contributed by atoms with Gasteiger partial charge in [-0.25, -0.2) is 0 Å². The van der Waals surface area contributed by atoms with Gasteiger partial charge in [-0.2, -0.15) is 0 Å². The Bertz CT molecular complexity index is 1270. The molecule has 0 atom stereocenters. The Morgan fingerprint density at radius 3 is 2.41 bits per heavy atom. The first-order chi connectivity index (χ1) is 14.0. The van der Waals surface area contributed by atoms with Crippen molar-refractivity contribution in [3.8, 4) is 16.9 Å². The smallest absolute Gasteiger partial charge is 0.196 e. The first-order valence-electron chi connectivity index (χ1n) is 9.26. The minimum atomic E-state index is 0.00624. The van der Waals surface area contributed by atoms with Gasteiger partial charge in [-0.1, -0.05) is 48.0 Å². The van der Waals surface area contributed by atoms with Crippen molar-refractivity contribution in [3.63, 3.8) is 0 Å². The molecule has 1 aromatic heterocycles. The van der Waals surface area contributed by atoms with Crippen LogP contribution in [0.3, 0.4) is 0 Å². The SMILES string of the molecule is COc1ccc(/C=C/c2cn(C)c3ccc(-c4cccc(Cl)c4)cc3c2=O)cc1. The molecule has 29 heavy (non-hydrogen) atoms. The Hall–Kier alpha value is -3.30. The van der Waals surface area contributed by atoms with E-state index >= 15 is 0 Å². The number of methoxy groups -OCH3 is 1. The van der Waals surface area contributed by atoms with Gasteiger partial charge in [-0.05, 0) is 59.2 Å². The van der Waals surface area contributed by atoms with Gasteiger partial charge in [-0.15, -0.1) is 0 Å². The van der Waals surface area contributed by atoms with E-state index in [1.165, 1.54) is 0 Å². The Kier molecular flexibility index (Phi) is 5.24. The zero-order chi connectivity index (χ0) is 20.4. The molecule has 4 heteroatoms. The van der Waals surface area contributed by atoms with Gasteiger partial charge < -0.3 is 9.30 Å². The zero-order valence-electron chi connectivity index (χ0n) is 16.2. The molecule has 0 saturated heterocycles. The Morgan fingerprint density at radius 1 is 0.931 bits per heavy atom. The monoisotopic (exact) mass is 401 g/mol. The quantitative estimate of drug-likeness (QED) is 0.417. The van der Waals surface area contributed by atoms with Crippen molar-refractivity contribution in [1.29, 1.82) is 0 Å². The average Bonchev–Trinajstić information content (AvgIpc) is 2.75. The molecule has 0 fully saturated rings. The van der Waals surface area contributed by atoms with E-state index in [1.54, 1.807) is 7.11 Å². The minimum Gasteiger partial charge on any atom is -0.497 e. The number of nitrogens with zero attached hydrogens (tertiary/aromatic N) is 1. The van der Waals surface area contributed by atoms with E-state index in [2.05, 4.69) is 0 Å². The summed E-state index contributed by atoms with van der Waals surface area (Å²) in [7, 11) is 3.59. The number of halogens is 1. The van der Waals surface area contributed by atoms with Gasteiger partial charge in [-0.3, -0.25) is 4.79 Å². The van der Waals surface area contributed by atoms with E-state index in [0.29, 0.717) is 16.0 Å². The summed E-state index contributed by atoms with van der Waals surface area (Å²) in [4.78, 5) is 13.1. The molecular formula is C25H20ClNO2. The van der Waals surface area contributed by atoms with Crippen LogP contribution in [0.1, 0.15) is 11.1 Å². The molecule has 0 unspecified atom stereocenters. The van der Waals surface area contributed by atoms with Crippen molar-refractivity contribution in [1.82, 2.24) is 4.57 Å². The van der Waals surface area contributed by atoms with Crippen LogP contribution >= 0.6 is 11.6 Å². The van der Waals surface area contributed by atoms with Crippen LogP contribution in [0.4, 0.5) is 0 Å². The summed E-state index contributed by atoms with van der Waals surface area (Å²) in [6.45, 7) is 0. The third kappa shape index (κ3) is 3.96. The standard InChI is InChI=1S/C25H20ClNO2/c1-27-16-20(9-6-17-7-11-22(29-2)12-8-17)25(28)23-15-19(10-13-24(23)27)18-4-3-5-21(26)14-18/h3-16H,1-2H3/b9-6+. The van der Waals surface area contributed by atoms with Crippen LogP contribution in [0.25, 0.3) is 34.2 Å². The number of hydrogen-bond donors (Lipinski definition) is 0. The van der Waals surface area contributed by atoms with Gasteiger partial charge in [0.05, 0.1) is 12.6 Å². The number of benzene rings is 3. The summed E-state index contributed by atoms with van der Waals surface area (Å²) in [5, 5.41) is 1.36. The number of aromatic nitrogens is 1. The Labute approximate surface area is 174 Å². The lowest BCUT2D eigenvalue weighted by molar-refractivity contribution is 0.415. The van der Waals surface area contributed by atoms with E-state index in [1.807, 2.05) is 96.7 Å². The van der Waals surface area contributed by atoms with Gasteiger partial charge in [0.1, 0.15) is 5.75 Å². The maximum absolute atomic E-state index is 13.1. The van der Waals surface area contributed by atoms with Crippen molar-refractivity contribution >= 4 is 34.7 Å². The maximum Gasteiger partial charge on any atom is 0.196 e. The van der Waals surface area contributed by atoms with Gasteiger partial charge in [0.15, 0.2) is 5.43 Å². The van der Waals surface area contributed by atoms with Crippen LogP contribution in [-0.4, -0.2) is 11.7 Å². The summed E-state index contributed by atoms with van der Waals surface area (Å²) >= 11 is 6.13. The van der Waals surface area contributed by atoms with Crippen LogP contribution in [0, 0.1) is 0 Å². The Morgan fingerprint density at radius 2 is 1.69 bits per heavy atom. The summed E-state index contributed by atoms with van der Waals surface area (Å²) < 4.78 is 7.16. The highest BCUT2D eigenvalue weighted by Gasteiger charge is 2.08. The highest BCUT2D eigenvalue weighted by atomic mass is 35.5. The van der Waals surface area contributed by atoms with Crippen molar-refractivity contribution in [2.24, 2.45) is 7.05 Å². The molecule has 0 aliphatic rings. The first-order valence-corrected chi connectivity index (χ1v) is 9.64. The van der Waals surface area contributed by atoms with Crippen LogP contribution in [0.2, 0.25) is 5.02 Å². The second-order valence-corrected chi connectivity index (χ2v) is 7.31. The summed E-state index contributed by atoms with van der Waals surface area (Å²) in [6.07, 6.45) is 5.65. The summed E-state index contributed by atoms with van der Waals surface area (Å²) in [5.74, 6) is 0.803. The number of fused-ring (bicyclic) bond motifs is 1. The van der Waals surface area contributed by atoms with Gasteiger partial charge in [0.2, 0.25) is 0 Å². The van der Waals surface area contributed by atoms with Crippen molar-refractivity contribution < 1.29 is 4.74 Å². The normalized spacial score (nSPS) is 11.3. The number of ether oxygens (including phenoxy) is 1. The van der Waals surface area contributed by atoms with E-state index in [4.69, 9.17) is 16.3 Å². The Balaban J connectivity index is 1.78. The third-order valence-electron chi connectivity index (χ3n) is 4.95. The molecule has 0 amide bonds. The lowest BCUT2D eigenvalue weighted by atomic mass is 10.0. The van der Waals surface area contributed by atoms with Crippen molar-refractivity contribution in [2.75, 3.05) is 7.11 Å². The van der Waals surface area contributed by atoms with E-state index in [0.717, 1.165) is 28.0 Å². The van der Waals surface area contributed by atoms with Crippen molar-refractivity contribution in [3.05, 3.63) is 99.3 Å².